The predicted octanol–water partition coefficient (Wildman–Crippen LogP) is 8.74. The van der Waals surface area contributed by atoms with Crippen LogP contribution in [0, 0.1) is 5.41 Å². The highest BCUT2D eigenvalue weighted by molar-refractivity contribution is 5.92. The Morgan fingerprint density at radius 1 is 0.889 bits per heavy atom. The highest BCUT2D eigenvalue weighted by atomic mass is 19.4. The fraction of sp³-hybridized carbons (Fsp3) is 0.355. The minimum atomic E-state index is -4.82. The van der Waals surface area contributed by atoms with Gasteiger partial charge in [0.05, 0.1) is 11.0 Å². The maximum atomic E-state index is 12.6. The van der Waals surface area contributed by atoms with E-state index in [1.54, 1.807) is 12.1 Å². The second-order valence-corrected chi connectivity index (χ2v) is 11.5. The van der Waals surface area contributed by atoms with Gasteiger partial charge in [-0.05, 0) is 85.3 Å². The lowest BCUT2D eigenvalue weighted by Gasteiger charge is -2.36. The number of nitrogens with zero attached hydrogens (tertiary/aromatic N) is 2. The van der Waals surface area contributed by atoms with E-state index in [4.69, 9.17) is 9.72 Å². The highest BCUT2D eigenvalue weighted by Gasteiger charge is 2.33. The molecule has 1 unspecified atom stereocenters. The zero-order valence-electron chi connectivity index (χ0n) is 24.3. The Hall–Kier alpha value is -4.62. The molecule has 1 amide bonds. The Balaban J connectivity index is 1.32. The zero-order valence-corrected chi connectivity index (χ0v) is 24.3. The third kappa shape index (κ3) is 8.73. The van der Waals surface area contributed by atoms with Crippen LogP contribution in [0.2, 0.25) is 0 Å². The summed E-state index contributed by atoms with van der Waals surface area (Å²) in [5.41, 5.74) is 2.28. The maximum Gasteiger partial charge on any atom is 0.573 e. The van der Waals surface area contributed by atoms with Crippen LogP contribution < -0.4 is 24.8 Å². The van der Waals surface area contributed by atoms with Crippen LogP contribution in [0.5, 0.6) is 17.2 Å². The Kier molecular flexibility index (Phi) is 8.77. The largest absolute Gasteiger partial charge is 0.573 e. The predicted molar refractivity (Wildman–Crippen MR) is 155 cm³/mol. The molecule has 2 N–H and O–H groups in total. The Morgan fingerprint density at radius 3 is 2.04 bits per heavy atom. The number of ether oxygens (including phenoxy) is 3. The molecule has 1 aliphatic carbocycles. The summed E-state index contributed by atoms with van der Waals surface area (Å²) in [6.45, 7) is 4.06. The van der Waals surface area contributed by atoms with E-state index < -0.39 is 24.4 Å². The first-order valence-corrected chi connectivity index (χ1v) is 14.1. The third-order valence-electron chi connectivity index (χ3n) is 7.29. The van der Waals surface area contributed by atoms with Crippen LogP contribution in [0.1, 0.15) is 45.6 Å². The SMILES string of the molecule is CC1(C)CCCC(n2c(Nc3ccc(OC(F)(F)F)cc3)nc3cc(OCC(=O)Nc4ccc(OC(F)(F)F)cc4)ccc32)C1. The van der Waals surface area contributed by atoms with Crippen molar-refractivity contribution in [3.63, 3.8) is 0 Å². The van der Waals surface area contributed by atoms with Crippen molar-refractivity contribution in [2.75, 3.05) is 17.2 Å². The molecule has 45 heavy (non-hydrogen) atoms. The molecule has 14 heteroatoms. The summed E-state index contributed by atoms with van der Waals surface area (Å²) in [7, 11) is 0. The van der Waals surface area contributed by atoms with E-state index in [1.807, 2.05) is 6.07 Å². The van der Waals surface area contributed by atoms with E-state index >= 15 is 0 Å². The highest BCUT2D eigenvalue weighted by Crippen LogP contribution is 2.44. The molecule has 0 aliphatic heterocycles. The zero-order chi connectivity index (χ0) is 32.4. The molecule has 8 nitrogen and oxygen atoms in total. The second-order valence-electron chi connectivity index (χ2n) is 11.5. The third-order valence-corrected chi connectivity index (χ3v) is 7.29. The van der Waals surface area contributed by atoms with Crippen LogP contribution in [0.25, 0.3) is 11.0 Å². The molecule has 1 aromatic heterocycles. The molecule has 1 heterocycles. The van der Waals surface area contributed by atoms with E-state index in [2.05, 4.69) is 38.5 Å². The van der Waals surface area contributed by atoms with Crippen molar-refractivity contribution in [3.05, 3.63) is 66.7 Å². The molecular weight excluding hydrogens is 606 g/mol. The molecule has 1 saturated carbocycles. The number of nitrogens with one attached hydrogen (secondary N) is 2. The van der Waals surface area contributed by atoms with E-state index in [0.717, 1.165) is 43.3 Å². The molecule has 0 spiro atoms. The minimum absolute atomic E-state index is 0.107. The van der Waals surface area contributed by atoms with Crippen LogP contribution in [0.15, 0.2) is 66.7 Å². The number of halogens is 6. The van der Waals surface area contributed by atoms with Crippen LogP contribution in [0.3, 0.4) is 0 Å². The van der Waals surface area contributed by atoms with Crippen LogP contribution in [0.4, 0.5) is 43.7 Å². The summed E-state index contributed by atoms with van der Waals surface area (Å²) in [6, 6.07) is 15.4. The Morgan fingerprint density at radius 2 is 1.47 bits per heavy atom. The molecule has 0 radical (unpaired) electrons. The number of amides is 1. The van der Waals surface area contributed by atoms with Gasteiger partial charge < -0.3 is 29.4 Å². The van der Waals surface area contributed by atoms with Crippen molar-refractivity contribution < 1.29 is 45.3 Å². The molecule has 4 aromatic rings. The number of carbonyl (C=O) groups excluding carboxylic acids is 1. The first kappa shape index (κ1) is 31.8. The van der Waals surface area contributed by atoms with Gasteiger partial charge in [-0.3, -0.25) is 4.79 Å². The number of benzene rings is 3. The number of fused-ring (bicyclic) bond motifs is 1. The fourth-order valence-electron chi connectivity index (χ4n) is 5.46. The van der Waals surface area contributed by atoms with E-state index in [9.17, 15) is 31.1 Å². The lowest BCUT2D eigenvalue weighted by molar-refractivity contribution is -0.275. The first-order chi connectivity index (χ1) is 21.1. The van der Waals surface area contributed by atoms with Gasteiger partial charge in [-0.15, -0.1) is 26.3 Å². The molecule has 0 bridgehead atoms. The number of rotatable bonds is 9. The van der Waals surface area contributed by atoms with Gasteiger partial charge in [0.15, 0.2) is 6.61 Å². The van der Waals surface area contributed by atoms with Crippen molar-refractivity contribution in [1.82, 2.24) is 9.55 Å². The minimum Gasteiger partial charge on any atom is -0.484 e. The number of hydrogen-bond acceptors (Lipinski definition) is 6. The summed E-state index contributed by atoms with van der Waals surface area (Å²) in [6.07, 6.45) is -5.69. The van der Waals surface area contributed by atoms with Crippen LogP contribution in [-0.2, 0) is 4.79 Å². The lowest BCUT2D eigenvalue weighted by atomic mass is 9.75. The number of aromatic nitrogens is 2. The van der Waals surface area contributed by atoms with Crippen molar-refractivity contribution in [3.8, 4) is 17.2 Å². The number of carbonyl (C=O) groups is 1. The maximum absolute atomic E-state index is 12.6. The quantitative estimate of drug-likeness (QED) is 0.179. The van der Waals surface area contributed by atoms with E-state index in [1.165, 1.54) is 36.4 Å². The summed E-state index contributed by atoms with van der Waals surface area (Å²) < 4.78 is 90.4. The smallest absolute Gasteiger partial charge is 0.484 e. The van der Waals surface area contributed by atoms with Crippen molar-refractivity contribution in [2.45, 2.75) is 58.3 Å². The summed E-state index contributed by atoms with van der Waals surface area (Å²) in [4.78, 5) is 17.2. The van der Waals surface area contributed by atoms with Crippen molar-refractivity contribution in [2.24, 2.45) is 5.41 Å². The average molecular weight is 637 g/mol. The average Bonchev–Trinajstić information content (AvgIpc) is 3.29. The Bertz CT molecular complexity index is 1630. The normalized spacial score (nSPS) is 16.7. The van der Waals surface area contributed by atoms with E-state index in [0.29, 0.717) is 22.9 Å². The molecule has 240 valence electrons. The van der Waals surface area contributed by atoms with Gasteiger partial charge in [0, 0.05) is 23.5 Å². The molecule has 5 rings (SSSR count). The van der Waals surface area contributed by atoms with Gasteiger partial charge in [0.2, 0.25) is 5.95 Å². The van der Waals surface area contributed by atoms with Gasteiger partial charge in [-0.1, -0.05) is 20.3 Å². The second kappa shape index (κ2) is 12.4. The van der Waals surface area contributed by atoms with Gasteiger partial charge in [0.25, 0.3) is 5.91 Å². The summed E-state index contributed by atoms with van der Waals surface area (Å²) in [5.74, 6) is -0.420. The van der Waals surface area contributed by atoms with Crippen LogP contribution >= 0.6 is 0 Å². The van der Waals surface area contributed by atoms with Gasteiger partial charge in [0.1, 0.15) is 17.2 Å². The number of imidazole rings is 1. The number of hydrogen-bond donors (Lipinski definition) is 2. The summed E-state index contributed by atoms with van der Waals surface area (Å²) >= 11 is 0. The molecule has 1 aliphatic rings. The molecule has 1 atom stereocenters. The lowest BCUT2D eigenvalue weighted by Crippen LogP contribution is -2.25. The van der Waals surface area contributed by atoms with E-state index in [-0.39, 0.29) is 29.5 Å². The number of alkyl halides is 6. The van der Waals surface area contributed by atoms with Crippen molar-refractivity contribution >= 4 is 34.3 Å². The monoisotopic (exact) mass is 636 g/mol. The molecule has 1 fully saturated rings. The van der Waals surface area contributed by atoms with Gasteiger partial charge in [-0.25, -0.2) is 4.98 Å². The number of anilines is 3. The molecule has 3 aromatic carbocycles. The van der Waals surface area contributed by atoms with Crippen LogP contribution in [-0.4, -0.2) is 34.8 Å². The Labute approximate surface area is 254 Å². The topological polar surface area (TPSA) is 86.6 Å². The van der Waals surface area contributed by atoms with Crippen molar-refractivity contribution in [1.29, 1.82) is 0 Å². The molecule has 0 saturated heterocycles. The molecular formula is C31H30F6N4O4. The summed E-state index contributed by atoms with van der Waals surface area (Å²) in [5, 5.41) is 5.77. The fourth-order valence-corrected chi connectivity index (χ4v) is 5.46. The van der Waals surface area contributed by atoms with Gasteiger partial charge in [-0.2, -0.15) is 0 Å². The van der Waals surface area contributed by atoms with Gasteiger partial charge >= 0.3 is 12.7 Å². The standard InChI is InChI=1S/C31H30F6N4O4/c1-29(2)15-3-4-21(17-29)41-26-14-13-24(43-18-27(42)38-19-5-9-22(10-6-19)44-30(32,33)34)16-25(26)40-28(41)39-20-7-11-23(12-8-20)45-31(35,36)37/h5-14,16,21H,3-4,15,17-18H2,1-2H3,(H,38,42)(H,39,40). The first-order valence-electron chi connectivity index (χ1n) is 14.1.